The predicted molar refractivity (Wildman–Crippen MR) is 204 cm³/mol. The van der Waals surface area contributed by atoms with Gasteiger partial charge in [-0.3, -0.25) is 0 Å². The molecule has 0 bridgehead atoms. The molecule has 0 radical (unpaired) electrons. The normalized spacial score (nSPS) is 11.6. The van der Waals surface area contributed by atoms with Crippen LogP contribution in [0.25, 0.3) is 100 Å². The molecule has 3 heterocycles. The fourth-order valence-corrected chi connectivity index (χ4v) is 7.18. The summed E-state index contributed by atoms with van der Waals surface area (Å²) in [6, 6.07) is 58.4. The lowest BCUT2D eigenvalue weighted by Gasteiger charge is -2.13. The highest BCUT2D eigenvalue weighted by Gasteiger charge is 2.21. The number of benzene rings is 7. The van der Waals surface area contributed by atoms with E-state index in [1.54, 1.807) is 0 Å². The molecule has 0 atom stereocenters. The second-order valence-electron chi connectivity index (χ2n) is 12.5. The lowest BCUT2D eigenvalue weighted by atomic mass is 9.95. The molecule has 4 nitrogen and oxygen atoms in total. The Hall–Kier alpha value is -6.78. The van der Waals surface area contributed by atoms with Gasteiger partial charge in [-0.05, 0) is 58.7 Å². The molecule has 0 saturated heterocycles. The average Bonchev–Trinajstić information content (AvgIpc) is 3.77. The van der Waals surface area contributed by atoms with E-state index < -0.39 is 0 Å². The summed E-state index contributed by atoms with van der Waals surface area (Å²) in [6.45, 7) is 0. The van der Waals surface area contributed by atoms with Gasteiger partial charge in [-0.15, -0.1) is 0 Å². The van der Waals surface area contributed by atoms with Crippen LogP contribution < -0.4 is 0 Å². The fraction of sp³-hybridized carbons (Fsp3) is 0. The van der Waals surface area contributed by atoms with E-state index >= 15 is 0 Å². The number of furan rings is 2. The van der Waals surface area contributed by atoms with E-state index in [9.17, 15) is 0 Å². The lowest BCUT2D eigenvalue weighted by molar-refractivity contribution is 0.668. The second-order valence-corrected chi connectivity index (χ2v) is 12.5. The van der Waals surface area contributed by atoms with Crippen LogP contribution in [-0.2, 0) is 0 Å². The van der Waals surface area contributed by atoms with Gasteiger partial charge in [0.1, 0.15) is 22.3 Å². The zero-order valence-electron chi connectivity index (χ0n) is 26.9. The van der Waals surface area contributed by atoms with Gasteiger partial charge in [0.25, 0.3) is 0 Å². The van der Waals surface area contributed by atoms with Crippen LogP contribution in [0.5, 0.6) is 0 Å². The van der Waals surface area contributed by atoms with Crippen molar-refractivity contribution in [3.8, 4) is 56.2 Å². The summed E-state index contributed by atoms with van der Waals surface area (Å²) in [6.07, 6.45) is 0. The molecule has 0 saturated carbocycles. The van der Waals surface area contributed by atoms with Crippen LogP contribution in [0, 0.1) is 0 Å². The molecule has 4 heteroatoms. The number of rotatable bonds is 5. The van der Waals surface area contributed by atoms with Crippen LogP contribution in [0.2, 0.25) is 0 Å². The van der Waals surface area contributed by atoms with Gasteiger partial charge in [-0.1, -0.05) is 133 Å². The summed E-state index contributed by atoms with van der Waals surface area (Å²) in [5.41, 5.74) is 12.2. The molecule has 0 N–H and O–H groups in total. The fourth-order valence-electron chi connectivity index (χ4n) is 7.18. The largest absolute Gasteiger partial charge is 0.456 e. The van der Waals surface area contributed by atoms with Gasteiger partial charge in [-0.2, -0.15) is 0 Å². The van der Waals surface area contributed by atoms with E-state index in [4.69, 9.17) is 18.8 Å². The van der Waals surface area contributed by atoms with Crippen molar-refractivity contribution in [1.29, 1.82) is 0 Å². The minimum absolute atomic E-state index is 0.604. The molecule has 7 aromatic carbocycles. The molecule has 234 valence electrons. The monoisotopic (exact) mass is 640 g/mol. The number of hydrogen-bond donors (Lipinski definition) is 0. The molecule has 0 spiro atoms. The third-order valence-electron chi connectivity index (χ3n) is 9.54. The first-order chi connectivity index (χ1) is 24.8. The summed E-state index contributed by atoms with van der Waals surface area (Å²) in [5, 5.41) is 4.28. The summed E-state index contributed by atoms with van der Waals surface area (Å²) in [4.78, 5) is 10.5. The number of para-hydroxylation sites is 2. The molecule has 0 aliphatic carbocycles. The number of fused-ring (bicyclic) bond motifs is 6. The number of hydrogen-bond acceptors (Lipinski definition) is 4. The first kappa shape index (κ1) is 28.3. The molecule has 10 rings (SSSR count). The van der Waals surface area contributed by atoms with Crippen molar-refractivity contribution in [2.75, 3.05) is 0 Å². The standard InChI is InChI=1S/C46H28N2O2/c1-3-13-29(14-4-1)32-17-7-8-18-34(32)40-28-39(30-15-5-2-6-16-30)47-46(48-40)38-26-25-33(44-37-20-10-12-22-42(37)50-45(38)44)31-23-24-36-35-19-9-11-21-41(35)49-43(36)27-31/h1-28H. The molecule has 0 aliphatic rings. The van der Waals surface area contributed by atoms with Crippen LogP contribution in [0.1, 0.15) is 0 Å². The minimum Gasteiger partial charge on any atom is -0.456 e. The van der Waals surface area contributed by atoms with E-state index in [1.807, 2.05) is 54.6 Å². The van der Waals surface area contributed by atoms with E-state index in [2.05, 4.69) is 115 Å². The van der Waals surface area contributed by atoms with Crippen molar-refractivity contribution in [3.05, 3.63) is 170 Å². The summed E-state index contributed by atoms with van der Waals surface area (Å²) in [7, 11) is 0. The summed E-state index contributed by atoms with van der Waals surface area (Å²) < 4.78 is 13.0. The molecule has 0 fully saturated rings. The third kappa shape index (κ3) is 4.61. The van der Waals surface area contributed by atoms with Gasteiger partial charge in [0.05, 0.1) is 17.0 Å². The number of aromatic nitrogens is 2. The zero-order valence-corrected chi connectivity index (χ0v) is 26.9. The van der Waals surface area contributed by atoms with Crippen molar-refractivity contribution >= 4 is 43.9 Å². The SMILES string of the molecule is c1ccc(-c2cc(-c3ccccc3-c3ccccc3)nc(-c3ccc(-c4ccc5c(c4)oc4ccccc45)c4c3oc3ccccc34)n2)cc1. The van der Waals surface area contributed by atoms with Gasteiger partial charge in [0, 0.05) is 32.7 Å². The highest BCUT2D eigenvalue weighted by molar-refractivity contribution is 6.16. The van der Waals surface area contributed by atoms with Crippen molar-refractivity contribution in [2.45, 2.75) is 0 Å². The second kappa shape index (κ2) is 11.4. The molecule has 3 aromatic heterocycles. The van der Waals surface area contributed by atoms with E-state index in [0.29, 0.717) is 5.82 Å². The Morgan fingerprint density at radius 3 is 1.74 bits per heavy atom. The first-order valence-corrected chi connectivity index (χ1v) is 16.7. The summed E-state index contributed by atoms with van der Waals surface area (Å²) in [5.74, 6) is 0.604. The van der Waals surface area contributed by atoms with E-state index in [0.717, 1.165) is 94.2 Å². The van der Waals surface area contributed by atoms with Gasteiger partial charge < -0.3 is 8.83 Å². The van der Waals surface area contributed by atoms with E-state index in [1.165, 1.54) is 0 Å². The topological polar surface area (TPSA) is 52.1 Å². The van der Waals surface area contributed by atoms with Crippen LogP contribution >= 0.6 is 0 Å². The maximum Gasteiger partial charge on any atom is 0.164 e. The lowest BCUT2D eigenvalue weighted by Crippen LogP contribution is -1.97. The Balaban J connectivity index is 1.22. The Morgan fingerprint density at radius 2 is 0.940 bits per heavy atom. The van der Waals surface area contributed by atoms with Crippen molar-refractivity contribution in [1.82, 2.24) is 9.97 Å². The van der Waals surface area contributed by atoms with Gasteiger partial charge in [0.2, 0.25) is 0 Å². The van der Waals surface area contributed by atoms with Crippen LogP contribution in [0.15, 0.2) is 179 Å². The Kier molecular flexibility index (Phi) is 6.46. The quantitative estimate of drug-likeness (QED) is 0.188. The molecule has 10 aromatic rings. The van der Waals surface area contributed by atoms with Crippen LogP contribution in [0.3, 0.4) is 0 Å². The maximum absolute atomic E-state index is 6.72. The predicted octanol–water partition coefficient (Wildman–Crippen LogP) is 12.6. The van der Waals surface area contributed by atoms with E-state index in [-0.39, 0.29) is 0 Å². The Morgan fingerprint density at radius 1 is 0.340 bits per heavy atom. The first-order valence-electron chi connectivity index (χ1n) is 16.7. The van der Waals surface area contributed by atoms with Crippen molar-refractivity contribution < 1.29 is 8.83 Å². The van der Waals surface area contributed by atoms with Gasteiger partial charge in [0.15, 0.2) is 5.82 Å². The molecular weight excluding hydrogens is 613 g/mol. The smallest absolute Gasteiger partial charge is 0.164 e. The molecule has 0 unspecified atom stereocenters. The molecule has 0 amide bonds. The van der Waals surface area contributed by atoms with Crippen LogP contribution in [-0.4, -0.2) is 9.97 Å². The third-order valence-corrected chi connectivity index (χ3v) is 9.54. The molecule has 0 aliphatic heterocycles. The molecular formula is C46H28N2O2. The summed E-state index contributed by atoms with van der Waals surface area (Å²) >= 11 is 0. The highest BCUT2D eigenvalue weighted by atomic mass is 16.3. The van der Waals surface area contributed by atoms with Crippen molar-refractivity contribution in [3.63, 3.8) is 0 Å². The number of nitrogens with zero attached hydrogens (tertiary/aromatic N) is 2. The Labute approximate surface area is 287 Å². The van der Waals surface area contributed by atoms with Crippen LogP contribution in [0.4, 0.5) is 0 Å². The van der Waals surface area contributed by atoms with Gasteiger partial charge >= 0.3 is 0 Å². The maximum atomic E-state index is 6.72. The van der Waals surface area contributed by atoms with Gasteiger partial charge in [-0.25, -0.2) is 9.97 Å². The Bertz CT molecular complexity index is 2870. The zero-order chi connectivity index (χ0) is 33.0. The van der Waals surface area contributed by atoms with Crippen molar-refractivity contribution in [2.24, 2.45) is 0 Å². The minimum atomic E-state index is 0.604. The highest BCUT2D eigenvalue weighted by Crippen LogP contribution is 2.43. The molecule has 50 heavy (non-hydrogen) atoms. The average molecular weight is 641 g/mol.